The van der Waals surface area contributed by atoms with Crippen molar-refractivity contribution < 1.29 is 4.39 Å². The molecule has 0 atom stereocenters. The van der Waals surface area contributed by atoms with Crippen LogP contribution in [0.3, 0.4) is 0 Å². The zero-order valence-electron chi connectivity index (χ0n) is 12.2. The maximum atomic E-state index is 13.8. The summed E-state index contributed by atoms with van der Waals surface area (Å²) < 4.78 is 13.8. The zero-order chi connectivity index (χ0) is 14.5. The monoisotopic (exact) mass is 275 g/mol. The number of halogens is 1. The van der Waals surface area contributed by atoms with Gasteiger partial charge in [-0.2, -0.15) is 5.26 Å². The molecule has 3 nitrogen and oxygen atoms in total. The van der Waals surface area contributed by atoms with E-state index in [1.807, 2.05) is 14.1 Å². The summed E-state index contributed by atoms with van der Waals surface area (Å²) in [7, 11) is 4.06. The maximum Gasteiger partial charge on any atom is 0.127 e. The average molecular weight is 275 g/mol. The van der Waals surface area contributed by atoms with Crippen molar-refractivity contribution >= 4 is 0 Å². The minimum Gasteiger partial charge on any atom is -0.317 e. The molecule has 1 N–H and O–H groups in total. The third-order valence-electron chi connectivity index (χ3n) is 4.32. The Morgan fingerprint density at radius 3 is 2.65 bits per heavy atom. The number of hydrogen-bond donors (Lipinski definition) is 1. The average Bonchev–Trinajstić information content (AvgIpc) is 2.49. The van der Waals surface area contributed by atoms with Crippen LogP contribution in [0.1, 0.15) is 36.8 Å². The van der Waals surface area contributed by atoms with Crippen LogP contribution in [0.5, 0.6) is 0 Å². The van der Waals surface area contributed by atoms with Crippen LogP contribution in [-0.2, 0) is 6.54 Å². The van der Waals surface area contributed by atoms with E-state index in [2.05, 4.69) is 16.3 Å². The van der Waals surface area contributed by atoms with Crippen molar-refractivity contribution in [3.05, 3.63) is 35.1 Å². The number of nitrogens with zero attached hydrogens (tertiary/aromatic N) is 2. The summed E-state index contributed by atoms with van der Waals surface area (Å²) in [4.78, 5) is 2.21. The Labute approximate surface area is 120 Å². The maximum absolute atomic E-state index is 13.8. The van der Waals surface area contributed by atoms with Gasteiger partial charge in [0.2, 0.25) is 0 Å². The molecule has 0 unspecified atom stereocenters. The Bertz CT molecular complexity index is 487. The number of nitrogens with one attached hydrogen (secondary N) is 1. The molecule has 20 heavy (non-hydrogen) atoms. The fourth-order valence-corrected chi connectivity index (χ4v) is 2.97. The molecule has 0 saturated heterocycles. The summed E-state index contributed by atoms with van der Waals surface area (Å²) in [5.41, 5.74) is 1.14. The summed E-state index contributed by atoms with van der Waals surface area (Å²) in [5.74, 6) is -0.222. The first-order valence-corrected chi connectivity index (χ1v) is 7.20. The van der Waals surface area contributed by atoms with Gasteiger partial charge in [-0.25, -0.2) is 4.39 Å². The van der Waals surface area contributed by atoms with Crippen molar-refractivity contribution in [3.8, 4) is 6.07 Å². The SMILES string of the molecule is CNC1CCC(N(C)Cc2cc(C#N)ccc2F)CC1. The van der Waals surface area contributed by atoms with Gasteiger partial charge in [0.1, 0.15) is 5.82 Å². The predicted octanol–water partition coefficient (Wildman–Crippen LogP) is 2.66. The zero-order valence-corrected chi connectivity index (χ0v) is 12.2. The van der Waals surface area contributed by atoms with E-state index in [-0.39, 0.29) is 5.82 Å². The number of nitriles is 1. The Morgan fingerprint density at radius 2 is 2.05 bits per heavy atom. The Hall–Kier alpha value is -1.44. The first-order chi connectivity index (χ1) is 9.63. The number of benzene rings is 1. The quantitative estimate of drug-likeness (QED) is 0.918. The normalized spacial score (nSPS) is 22.8. The number of rotatable bonds is 4. The smallest absolute Gasteiger partial charge is 0.127 e. The van der Waals surface area contributed by atoms with Gasteiger partial charge < -0.3 is 5.32 Å². The highest BCUT2D eigenvalue weighted by molar-refractivity contribution is 5.33. The molecule has 1 aromatic rings. The molecule has 0 aliphatic heterocycles. The van der Waals surface area contributed by atoms with Crippen molar-refractivity contribution in [2.75, 3.05) is 14.1 Å². The second-order valence-electron chi connectivity index (χ2n) is 5.63. The lowest BCUT2D eigenvalue weighted by Gasteiger charge is -2.34. The molecule has 0 aromatic heterocycles. The molecular formula is C16H22FN3. The van der Waals surface area contributed by atoms with Crippen LogP contribution >= 0.6 is 0 Å². The third-order valence-corrected chi connectivity index (χ3v) is 4.32. The van der Waals surface area contributed by atoms with E-state index in [4.69, 9.17) is 5.26 Å². The van der Waals surface area contributed by atoms with E-state index < -0.39 is 0 Å². The van der Waals surface area contributed by atoms with Crippen LogP contribution in [0, 0.1) is 17.1 Å². The molecular weight excluding hydrogens is 253 g/mol. The van der Waals surface area contributed by atoms with Crippen molar-refractivity contribution in [2.24, 2.45) is 0 Å². The van der Waals surface area contributed by atoms with Crippen LogP contribution < -0.4 is 5.32 Å². The van der Waals surface area contributed by atoms with Crippen LogP contribution in [0.15, 0.2) is 18.2 Å². The van der Waals surface area contributed by atoms with Gasteiger partial charge in [-0.3, -0.25) is 4.90 Å². The van der Waals surface area contributed by atoms with Crippen molar-refractivity contribution in [3.63, 3.8) is 0 Å². The molecule has 0 radical (unpaired) electrons. The van der Waals surface area contributed by atoms with Crippen molar-refractivity contribution in [1.82, 2.24) is 10.2 Å². The van der Waals surface area contributed by atoms with Crippen molar-refractivity contribution in [2.45, 2.75) is 44.3 Å². The molecule has 0 spiro atoms. The largest absolute Gasteiger partial charge is 0.317 e. The molecule has 0 bridgehead atoms. The van der Waals surface area contributed by atoms with Gasteiger partial charge in [0.25, 0.3) is 0 Å². The lowest BCUT2D eigenvalue weighted by atomic mass is 9.90. The molecule has 1 aliphatic carbocycles. The lowest BCUT2D eigenvalue weighted by molar-refractivity contribution is 0.168. The molecule has 1 fully saturated rings. The lowest BCUT2D eigenvalue weighted by Crippen LogP contribution is -2.39. The number of hydrogen-bond acceptors (Lipinski definition) is 3. The van der Waals surface area contributed by atoms with E-state index in [1.165, 1.54) is 25.0 Å². The molecule has 4 heteroatoms. The van der Waals surface area contributed by atoms with Gasteiger partial charge in [0, 0.05) is 24.2 Å². The van der Waals surface area contributed by atoms with Crippen LogP contribution in [0.4, 0.5) is 4.39 Å². The molecule has 1 aromatic carbocycles. The summed E-state index contributed by atoms with van der Waals surface area (Å²) in [6.45, 7) is 0.566. The summed E-state index contributed by atoms with van der Waals surface area (Å²) in [6.07, 6.45) is 4.63. The third kappa shape index (κ3) is 3.56. The van der Waals surface area contributed by atoms with Crippen LogP contribution in [0.25, 0.3) is 0 Å². The van der Waals surface area contributed by atoms with E-state index in [9.17, 15) is 4.39 Å². The molecule has 1 saturated carbocycles. The van der Waals surface area contributed by atoms with Gasteiger partial charge in [-0.15, -0.1) is 0 Å². The highest BCUT2D eigenvalue weighted by Gasteiger charge is 2.23. The van der Waals surface area contributed by atoms with Gasteiger partial charge in [-0.1, -0.05) is 0 Å². The second-order valence-corrected chi connectivity index (χ2v) is 5.63. The van der Waals surface area contributed by atoms with E-state index >= 15 is 0 Å². The predicted molar refractivity (Wildman–Crippen MR) is 77.7 cm³/mol. The minimum absolute atomic E-state index is 0.222. The molecule has 0 amide bonds. The van der Waals surface area contributed by atoms with E-state index in [1.54, 1.807) is 6.07 Å². The second kappa shape index (κ2) is 6.83. The summed E-state index contributed by atoms with van der Waals surface area (Å²) in [6, 6.07) is 7.77. The van der Waals surface area contributed by atoms with Crippen LogP contribution in [0.2, 0.25) is 0 Å². The molecule has 0 heterocycles. The summed E-state index contributed by atoms with van der Waals surface area (Å²) >= 11 is 0. The first kappa shape index (κ1) is 15.0. The van der Waals surface area contributed by atoms with Gasteiger partial charge in [-0.05, 0) is 58.0 Å². The van der Waals surface area contributed by atoms with Crippen LogP contribution in [-0.4, -0.2) is 31.1 Å². The van der Waals surface area contributed by atoms with Crippen molar-refractivity contribution in [1.29, 1.82) is 5.26 Å². The topological polar surface area (TPSA) is 39.1 Å². The van der Waals surface area contributed by atoms with E-state index in [0.717, 1.165) is 12.8 Å². The first-order valence-electron chi connectivity index (χ1n) is 7.20. The Balaban J connectivity index is 1.98. The Kier molecular flexibility index (Phi) is 5.11. The minimum atomic E-state index is -0.222. The van der Waals surface area contributed by atoms with Gasteiger partial charge >= 0.3 is 0 Å². The standard InChI is InChI=1S/C16H22FN3/c1-19-14-4-6-15(7-5-14)20(2)11-13-9-12(10-18)3-8-16(13)17/h3,8-9,14-15,19H,4-7,11H2,1-2H3. The van der Waals surface area contributed by atoms with Gasteiger partial charge in [0.05, 0.1) is 11.6 Å². The fourth-order valence-electron chi connectivity index (χ4n) is 2.97. The Morgan fingerprint density at radius 1 is 1.35 bits per heavy atom. The highest BCUT2D eigenvalue weighted by Crippen LogP contribution is 2.24. The van der Waals surface area contributed by atoms with Gasteiger partial charge in [0.15, 0.2) is 0 Å². The summed E-state index contributed by atoms with van der Waals surface area (Å²) in [5, 5.41) is 12.2. The molecule has 108 valence electrons. The highest BCUT2D eigenvalue weighted by atomic mass is 19.1. The fraction of sp³-hybridized carbons (Fsp3) is 0.562. The molecule has 1 aliphatic rings. The van der Waals surface area contributed by atoms with E-state index in [0.29, 0.717) is 29.8 Å². The molecule has 2 rings (SSSR count).